The topological polar surface area (TPSA) is 9.23 Å². The van der Waals surface area contributed by atoms with Crippen LogP contribution in [-0.2, 0) is 0 Å². The fourth-order valence-corrected chi connectivity index (χ4v) is 8.89. The average molecular weight is 395 g/mol. The van der Waals surface area contributed by atoms with Gasteiger partial charge in [-0.3, -0.25) is 0 Å². The molecule has 0 spiro atoms. The van der Waals surface area contributed by atoms with E-state index in [0.29, 0.717) is 28.3 Å². The van der Waals surface area contributed by atoms with Crippen LogP contribution in [0.25, 0.3) is 0 Å². The number of aryl methyl sites for hydroxylation is 1. The molecule has 1 heteroatoms. The maximum Gasteiger partial charge on any atom is 0.119 e. The highest BCUT2D eigenvalue weighted by Crippen LogP contribution is 2.70. The van der Waals surface area contributed by atoms with E-state index < -0.39 is 0 Å². The highest BCUT2D eigenvalue weighted by molar-refractivity contribution is 5.27. The van der Waals surface area contributed by atoms with Crippen LogP contribution in [0.3, 0.4) is 0 Å². The zero-order chi connectivity index (χ0) is 20.4. The summed E-state index contributed by atoms with van der Waals surface area (Å²) < 4.78 is 6.87. The molecule has 5 rings (SSSR count). The lowest BCUT2D eigenvalue weighted by atomic mass is 9.39. The molecule has 0 unspecified atom stereocenters. The van der Waals surface area contributed by atoms with E-state index in [1.54, 1.807) is 0 Å². The minimum absolute atomic E-state index is 0.395. The molecule has 4 aliphatic carbocycles. The van der Waals surface area contributed by atoms with E-state index in [4.69, 9.17) is 4.74 Å². The van der Waals surface area contributed by atoms with E-state index >= 15 is 0 Å². The van der Waals surface area contributed by atoms with Gasteiger partial charge in [0.1, 0.15) is 11.9 Å². The standard InChI is InChI=1S/C28H42O/c1-19-10-12-20(13-11-19)29-25-18-21-22-8-7-16-27(22,4)17-14-23(21)28(5)24(25)9-6-15-26(28,2)3/h10-13,21-25H,6-9,14-18H2,1-5H3/t21-,22-,23-,24+,25+,27-,28+/m0/s1. The molecule has 7 atom stereocenters. The Morgan fingerprint density at radius 3 is 2.24 bits per heavy atom. The van der Waals surface area contributed by atoms with Crippen molar-refractivity contribution < 1.29 is 4.74 Å². The second-order valence-corrected chi connectivity index (χ2v) is 12.3. The van der Waals surface area contributed by atoms with Gasteiger partial charge in [-0.25, -0.2) is 0 Å². The molecule has 1 nitrogen and oxygen atoms in total. The van der Waals surface area contributed by atoms with Gasteiger partial charge < -0.3 is 4.74 Å². The first-order valence-corrected chi connectivity index (χ1v) is 12.5. The molecule has 4 fully saturated rings. The van der Waals surface area contributed by atoms with E-state index in [2.05, 4.69) is 58.9 Å². The van der Waals surface area contributed by atoms with Gasteiger partial charge in [-0.2, -0.15) is 0 Å². The Hall–Kier alpha value is -0.980. The maximum absolute atomic E-state index is 6.87. The van der Waals surface area contributed by atoms with Gasteiger partial charge in [0.05, 0.1) is 0 Å². The molecule has 29 heavy (non-hydrogen) atoms. The van der Waals surface area contributed by atoms with Crippen LogP contribution in [0.15, 0.2) is 24.3 Å². The van der Waals surface area contributed by atoms with Crippen LogP contribution in [0.5, 0.6) is 5.75 Å². The summed E-state index contributed by atoms with van der Waals surface area (Å²) in [6.45, 7) is 12.7. The first-order chi connectivity index (χ1) is 13.7. The van der Waals surface area contributed by atoms with Crippen LogP contribution in [-0.4, -0.2) is 6.10 Å². The van der Waals surface area contributed by atoms with Crippen molar-refractivity contribution in [2.45, 2.75) is 98.5 Å². The van der Waals surface area contributed by atoms with Gasteiger partial charge in [0.15, 0.2) is 0 Å². The van der Waals surface area contributed by atoms with Crippen molar-refractivity contribution in [3.63, 3.8) is 0 Å². The number of fused-ring (bicyclic) bond motifs is 5. The quantitative estimate of drug-likeness (QED) is 0.497. The van der Waals surface area contributed by atoms with Gasteiger partial charge in [0.25, 0.3) is 0 Å². The first kappa shape index (κ1) is 20.0. The smallest absolute Gasteiger partial charge is 0.119 e. The van der Waals surface area contributed by atoms with E-state index in [-0.39, 0.29) is 0 Å². The van der Waals surface area contributed by atoms with Crippen LogP contribution in [0.4, 0.5) is 0 Å². The summed E-state index contributed by atoms with van der Waals surface area (Å²) in [5.41, 5.74) is 2.75. The van der Waals surface area contributed by atoms with Gasteiger partial charge in [-0.05, 0) is 98.0 Å². The first-order valence-electron chi connectivity index (χ1n) is 12.5. The maximum atomic E-state index is 6.87. The van der Waals surface area contributed by atoms with Crippen molar-refractivity contribution in [3.05, 3.63) is 29.8 Å². The van der Waals surface area contributed by atoms with E-state index in [0.717, 1.165) is 23.5 Å². The summed E-state index contributed by atoms with van der Waals surface area (Å²) in [7, 11) is 0. The van der Waals surface area contributed by atoms with Crippen LogP contribution < -0.4 is 4.74 Å². The number of benzene rings is 1. The lowest BCUT2D eigenvalue weighted by Gasteiger charge is -2.66. The molecule has 0 amide bonds. The van der Waals surface area contributed by atoms with E-state index in [1.807, 2.05) is 0 Å². The third-order valence-corrected chi connectivity index (χ3v) is 10.8. The molecular weight excluding hydrogens is 352 g/mol. The van der Waals surface area contributed by atoms with Crippen LogP contribution >= 0.6 is 0 Å². The molecule has 0 bridgehead atoms. The van der Waals surface area contributed by atoms with Gasteiger partial charge in [0.2, 0.25) is 0 Å². The summed E-state index contributed by atoms with van der Waals surface area (Å²) >= 11 is 0. The zero-order valence-electron chi connectivity index (χ0n) is 19.5. The molecule has 0 saturated heterocycles. The van der Waals surface area contributed by atoms with Crippen molar-refractivity contribution in [1.29, 1.82) is 0 Å². The fourth-order valence-electron chi connectivity index (χ4n) is 8.89. The third-order valence-electron chi connectivity index (χ3n) is 10.8. The second-order valence-electron chi connectivity index (χ2n) is 12.3. The SMILES string of the molecule is Cc1ccc(O[C@@H]2C[C@H]3[C@@H]4CCC[C@@]4(C)CC[C@@H]3[C@]3(C)[C@@H]2CCCC3(C)C)cc1. The molecule has 4 aliphatic rings. The Kier molecular flexibility index (Phi) is 4.65. The van der Waals surface area contributed by atoms with Gasteiger partial charge in [-0.15, -0.1) is 0 Å². The van der Waals surface area contributed by atoms with Crippen molar-refractivity contribution in [2.75, 3.05) is 0 Å². The lowest BCUT2D eigenvalue weighted by Crippen LogP contribution is -2.62. The Bertz CT molecular complexity index is 748. The van der Waals surface area contributed by atoms with Crippen LogP contribution in [0, 0.1) is 46.8 Å². The molecule has 0 aromatic heterocycles. The molecule has 4 saturated carbocycles. The summed E-state index contributed by atoms with van der Waals surface area (Å²) in [4.78, 5) is 0. The largest absolute Gasteiger partial charge is 0.490 e. The predicted molar refractivity (Wildman–Crippen MR) is 121 cm³/mol. The Morgan fingerprint density at radius 2 is 1.48 bits per heavy atom. The van der Waals surface area contributed by atoms with Gasteiger partial charge >= 0.3 is 0 Å². The van der Waals surface area contributed by atoms with Crippen LogP contribution in [0.2, 0.25) is 0 Å². The molecule has 0 N–H and O–H groups in total. The van der Waals surface area contributed by atoms with E-state index in [1.165, 1.54) is 63.4 Å². The van der Waals surface area contributed by atoms with Crippen molar-refractivity contribution in [3.8, 4) is 5.75 Å². The molecule has 0 heterocycles. The monoisotopic (exact) mass is 394 g/mol. The lowest BCUT2D eigenvalue weighted by molar-refractivity contribution is -0.196. The molecule has 1 aromatic carbocycles. The molecule has 0 aliphatic heterocycles. The summed E-state index contributed by atoms with van der Waals surface area (Å²) in [6.07, 6.45) is 13.2. The summed E-state index contributed by atoms with van der Waals surface area (Å²) in [5, 5.41) is 0. The number of rotatable bonds is 2. The fraction of sp³-hybridized carbons (Fsp3) is 0.786. The van der Waals surface area contributed by atoms with Gasteiger partial charge in [-0.1, -0.05) is 58.2 Å². The molecule has 0 radical (unpaired) electrons. The average Bonchev–Trinajstić information content (AvgIpc) is 3.07. The molecular formula is C28H42O. The highest BCUT2D eigenvalue weighted by atomic mass is 16.5. The second kappa shape index (κ2) is 6.76. The van der Waals surface area contributed by atoms with Crippen molar-refractivity contribution in [1.82, 2.24) is 0 Å². The van der Waals surface area contributed by atoms with Gasteiger partial charge in [0, 0.05) is 5.92 Å². The number of ether oxygens (including phenoxy) is 1. The summed E-state index contributed by atoms with van der Waals surface area (Å²) in [5.74, 6) is 4.50. The highest BCUT2D eigenvalue weighted by Gasteiger charge is 2.64. The zero-order valence-corrected chi connectivity index (χ0v) is 19.5. The van der Waals surface area contributed by atoms with Crippen molar-refractivity contribution >= 4 is 0 Å². The predicted octanol–water partition coefficient (Wildman–Crippen LogP) is 7.81. The van der Waals surface area contributed by atoms with E-state index in [9.17, 15) is 0 Å². The molecule has 1 aromatic rings. The van der Waals surface area contributed by atoms with Crippen molar-refractivity contribution in [2.24, 2.45) is 39.9 Å². The Morgan fingerprint density at radius 1 is 0.793 bits per heavy atom. The summed E-state index contributed by atoms with van der Waals surface area (Å²) in [6, 6.07) is 8.82. The minimum atomic E-state index is 0.395. The number of hydrogen-bond acceptors (Lipinski definition) is 1. The number of hydrogen-bond donors (Lipinski definition) is 0. The normalized spacial score (nSPS) is 45.8. The third kappa shape index (κ3) is 2.93. The van der Waals surface area contributed by atoms with Crippen LogP contribution in [0.1, 0.15) is 91.0 Å². The Labute approximate surface area is 179 Å². The minimum Gasteiger partial charge on any atom is -0.490 e. The Balaban J connectivity index is 1.53. The molecule has 160 valence electrons.